The maximum Gasteiger partial charge on any atom is 0.164 e. The summed E-state index contributed by atoms with van der Waals surface area (Å²) in [6, 6.07) is 4.18. The summed E-state index contributed by atoms with van der Waals surface area (Å²) in [6.45, 7) is 1.86. The molecule has 1 N–H and O–H groups in total. The Morgan fingerprint density at radius 3 is 2.84 bits per heavy atom. The summed E-state index contributed by atoms with van der Waals surface area (Å²) in [4.78, 5) is 4.59. The molecule has 0 amide bonds. The minimum Gasteiger partial charge on any atom is -0.493 e. The number of methoxy groups -OCH3 is 2. The van der Waals surface area contributed by atoms with Crippen LogP contribution in [0.1, 0.15) is 29.9 Å². The first-order chi connectivity index (χ1) is 9.35. The number of benzene rings is 1. The highest BCUT2D eigenvalue weighted by Gasteiger charge is 2.29. The summed E-state index contributed by atoms with van der Waals surface area (Å²) in [5.74, 6) is 3.26. The van der Waals surface area contributed by atoms with Crippen LogP contribution < -0.4 is 14.8 Å². The van der Waals surface area contributed by atoms with Crippen LogP contribution in [0.25, 0.3) is 0 Å². The molecule has 1 aliphatic heterocycles. The lowest BCUT2D eigenvalue weighted by molar-refractivity contribution is 0.349. The molecule has 0 radical (unpaired) electrons. The Morgan fingerprint density at radius 2 is 2.16 bits per heavy atom. The summed E-state index contributed by atoms with van der Waals surface area (Å²) in [5.41, 5.74) is 2.63. The lowest BCUT2D eigenvalue weighted by atomic mass is 9.81. The molecule has 0 saturated carbocycles. The molecule has 0 saturated heterocycles. The monoisotopic (exact) mass is 260 g/mol. The van der Waals surface area contributed by atoms with E-state index in [-0.39, 0.29) is 0 Å². The van der Waals surface area contributed by atoms with Gasteiger partial charge in [-0.05, 0) is 30.9 Å². The molecule has 1 atom stereocenters. The van der Waals surface area contributed by atoms with Crippen molar-refractivity contribution in [2.75, 3.05) is 27.3 Å². The second-order valence-corrected chi connectivity index (χ2v) is 5.01. The third kappa shape index (κ3) is 2.05. The summed E-state index contributed by atoms with van der Waals surface area (Å²) >= 11 is 0. The molecule has 0 fully saturated rings. The number of nitrogens with one attached hydrogen (secondary N) is 1. The first-order valence-corrected chi connectivity index (χ1v) is 6.87. The summed E-state index contributed by atoms with van der Waals surface area (Å²) in [5, 5.41) is 3.41. The maximum atomic E-state index is 5.56. The molecule has 1 aliphatic carbocycles. The lowest BCUT2D eigenvalue weighted by Crippen LogP contribution is -2.28. The molecule has 1 heterocycles. The molecule has 1 aromatic carbocycles. The zero-order valence-electron chi connectivity index (χ0n) is 11.5. The van der Waals surface area contributed by atoms with Gasteiger partial charge in [0, 0.05) is 18.0 Å². The van der Waals surface area contributed by atoms with Crippen molar-refractivity contribution in [3.05, 3.63) is 23.3 Å². The van der Waals surface area contributed by atoms with Crippen molar-refractivity contribution in [3.8, 4) is 11.5 Å². The minimum atomic E-state index is 0.394. The number of ether oxygens (including phenoxy) is 2. The molecule has 3 rings (SSSR count). The number of hydrogen-bond acceptors (Lipinski definition) is 4. The number of amidine groups is 1. The Kier molecular flexibility index (Phi) is 3.32. The fraction of sp³-hybridized carbons (Fsp3) is 0.533. The van der Waals surface area contributed by atoms with Crippen molar-refractivity contribution in [1.29, 1.82) is 0 Å². The largest absolute Gasteiger partial charge is 0.493 e. The zero-order chi connectivity index (χ0) is 13.2. The predicted octanol–water partition coefficient (Wildman–Crippen LogP) is 2.13. The van der Waals surface area contributed by atoms with E-state index in [4.69, 9.17) is 9.47 Å². The average Bonchev–Trinajstić information content (AvgIpc) is 2.99. The number of aliphatic imine (C=N–C) groups is 1. The molecule has 102 valence electrons. The van der Waals surface area contributed by atoms with Gasteiger partial charge in [-0.25, -0.2) is 0 Å². The molecule has 4 heteroatoms. The van der Waals surface area contributed by atoms with Crippen LogP contribution in [0.3, 0.4) is 0 Å². The van der Waals surface area contributed by atoms with Crippen LogP contribution in [0.4, 0.5) is 0 Å². The first-order valence-electron chi connectivity index (χ1n) is 6.87. The van der Waals surface area contributed by atoms with E-state index in [9.17, 15) is 0 Å². The van der Waals surface area contributed by atoms with E-state index >= 15 is 0 Å². The van der Waals surface area contributed by atoms with Crippen LogP contribution >= 0.6 is 0 Å². The van der Waals surface area contributed by atoms with E-state index in [0.717, 1.165) is 43.3 Å². The van der Waals surface area contributed by atoms with Gasteiger partial charge >= 0.3 is 0 Å². The number of rotatable bonds is 3. The topological polar surface area (TPSA) is 42.9 Å². The van der Waals surface area contributed by atoms with Crippen molar-refractivity contribution in [2.45, 2.75) is 25.2 Å². The molecule has 1 aromatic rings. The standard InChI is InChI=1S/C15H20N2O2/c1-18-13-7-6-10-11(14(13)19-2)4-3-5-12(10)15-16-8-9-17-15/h6-7,12H,3-5,8-9H2,1-2H3,(H,16,17). The van der Waals surface area contributed by atoms with E-state index in [1.165, 1.54) is 17.5 Å². The van der Waals surface area contributed by atoms with Gasteiger partial charge in [-0.15, -0.1) is 0 Å². The van der Waals surface area contributed by atoms with Crippen LogP contribution in [-0.2, 0) is 6.42 Å². The third-order valence-corrected chi connectivity index (χ3v) is 4.01. The summed E-state index contributed by atoms with van der Waals surface area (Å²) in [6.07, 6.45) is 3.38. The van der Waals surface area contributed by atoms with E-state index in [0.29, 0.717) is 5.92 Å². The van der Waals surface area contributed by atoms with Gasteiger partial charge in [0.2, 0.25) is 0 Å². The van der Waals surface area contributed by atoms with E-state index < -0.39 is 0 Å². The number of fused-ring (bicyclic) bond motifs is 1. The van der Waals surface area contributed by atoms with Crippen molar-refractivity contribution >= 4 is 5.84 Å². The number of nitrogens with zero attached hydrogens (tertiary/aromatic N) is 1. The van der Waals surface area contributed by atoms with Crippen LogP contribution in [0, 0.1) is 0 Å². The van der Waals surface area contributed by atoms with Crippen LogP contribution in [0.5, 0.6) is 11.5 Å². The maximum absolute atomic E-state index is 5.56. The van der Waals surface area contributed by atoms with Gasteiger partial charge in [0.05, 0.1) is 20.8 Å². The Bertz CT molecular complexity index is 511. The molecule has 0 spiro atoms. The van der Waals surface area contributed by atoms with Gasteiger partial charge in [0.25, 0.3) is 0 Å². The fourth-order valence-corrected chi connectivity index (χ4v) is 3.16. The lowest BCUT2D eigenvalue weighted by Gasteiger charge is -2.27. The summed E-state index contributed by atoms with van der Waals surface area (Å²) in [7, 11) is 3.40. The van der Waals surface area contributed by atoms with Crippen LogP contribution in [0.2, 0.25) is 0 Å². The van der Waals surface area contributed by atoms with Crippen molar-refractivity contribution in [1.82, 2.24) is 5.32 Å². The molecule has 0 aromatic heterocycles. The summed E-state index contributed by atoms with van der Waals surface area (Å²) < 4.78 is 11.0. The second kappa shape index (κ2) is 5.11. The molecular formula is C15H20N2O2. The van der Waals surface area contributed by atoms with Gasteiger partial charge in [0.1, 0.15) is 5.84 Å². The van der Waals surface area contributed by atoms with Crippen molar-refractivity contribution in [3.63, 3.8) is 0 Å². The SMILES string of the molecule is COc1ccc2c(c1OC)CCCC2C1=NCCN1. The minimum absolute atomic E-state index is 0.394. The third-order valence-electron chi connectivity index (χ3n) is 4.01. The highest BCUT2D eigenvalue weighted by atomic mass is 16.5. The smallest absolute Gasteiger partial charge is 0.164 e. The molecule has 1 unspecified atom stereocenters. The second-order valence-electron chi connectivity index (χ2n) is 5.01. The van der Waals surface area contributed by atoms with Crippen LogP contribution in [0.15, 0.2) is 17.1 Å². The first kappa shape index (κ1) is 12.3. The van der Waals surface area contributed by atoms with Gasteiger partial charge in [-0.2, -0.15) is 0 Å². The number of hydrogen-bond donors (Lipinski definition) is 1. The Balaban J connectivity index is 2.05. The Morgan fingerprint density at radius 1 is 1.26 bits per heavy atom. The van der Waals surface area contributed by atoms with Gasteiger partial charge < -0.3 is 14.8 Å². The zero-order valence-corrected chi connectivity index (χ0v) is 11.5. The van der Waals surface area contributed by atoms with Gasteiger partial charge in [-0.3, -0.25) is 4.99 Å². The Labute approximate surface area is 113 Å². The van der Waals surface area contributed by atoms with E-state index in [1.54, 1.807) is 14.2 Å². The fourth-order valence-electron chi connectivity index (χ4n) is 3.16. The molecule has 4 nitrogen and oxygen atoms in total. The van der Waals surface area contributed by atoms with Crippen LogP contribution in [-0.4, -0.2) is 33.1 Å². The normalized spacial score (nSPS) is 21.4. The van der Waals surface area contributed by atoms with E-state index in [1.807, 2.05) is 6.07 Å². The van der Waals surface area contributed by atoms with Gasteiger partial charge in [0.15, 0.2) is 11.5 Å². The van der Waals surface area contributed by atoms with Crippen molar-refractivity contribution < 1.29 is 9.47 Å². The average molecular weight is 260 g/mol. The predicted molar refractivity (Wildman–Crippen MR) is 75.5 cm³/mol. The Hall–Kier alpha value is -1.71. The molecule has 0 bridgehead atoms. The molecule has 19 heavy (non-hydrogen) atoms. The highest BCUT2D eigenvalue weighted by Crippen LogP contribution is 2.42. The molecule has 2 aliphatic rings. The quantitative estimate of drug-likeness (QED) is 0.905. The molecular weight excluding hydrogens is 240 g/mol. The highest BCUT2D eigenvalue weighted by molar-refractivity contribution is 5.91. The van der Waals surface area contributed by atoms with Crippen molar-refractivity contribution in [2.24, 2.45) is 4.99 Å². The van der Waals surface area contributed by atoms with E-state index in [2.05, 4.69) is 16.4 Å². The van der Waals surface area contributed by atoms with Gasteiger partial charge in [-0.1, -0.05) is 6.07 Å².